The van der Waals surface area contributed by atoms with Gasteiger partial charge in [0.15, 0.2) is 0 Å². The molecule has 0 aromatic carbocycles. The number of aliphatic hydroxyl groups is 1. The topological polar surface area (TPSA) is 46.5 Å². The molecule has 0 aliphatic rings. The van der Waals surface area contributed by atoms with Gasteiger partial charge in [-0.3, -0.25) is 4.79 Å². The van der Waals surface area contributed by atoms with Crippen LogP contribution in [0.15, 0.2) is 48.6 Å². The summed E-state index contributed by atoms with van der Waals surface area (Å²) in [5.74, 6) is -0.245. The number of hydrogen-bond donors (Lipinski definition) is 1. The minimum atomic E-state index is -0.781. The van der Waals surface area contributed by atoms with E-state index in [0.717, 1.165) is 32.1 Å². The Hall–Kier alpha value is -1.61. The second-order valence-corrected chi connectivity index (χ2v) is 7.37. The SMILES string of the molecule is CCCCCC=CCC=CCC=CCC=CCCCC(=O)OC(C)(C)CO. The van der Waals surface area contributed by atoms with E-state index in [-0.39, 0.29) is 12.6 Å². The van der Waals surface area contributed by atoms with Crippen molar-refractivity contribution in [2.45, 2.75) is 90.6 Å². The molecule has 0 aliphatic carbocycles. The fourth-order valence-corrected chi connectivity index (χ4v) is 2.32. The van der Waals surface area contributed by atoms with Gasteiger partial charge in [0.1, 0.15) is 5.60 Å². The number of esters is 1. The molecule has 0 aromatic heterocycles. The van der Waals surface area contributed by atoms with Gasteiger partial charge >= 0.3 is 5.97 Å². The summed E-state index contributed by atoms with van der Waals surface area (Å²) in [6.07, 6.45) is 27.6. The lowest BCUT2D eigenvalue weighted by Crippen LogP contribution is -2.31. The lowest BCUT2D eigenvalue weighted by molar-refractivity contribution is -0.160. The fourth-order valence-electron chi connectivity index (χ4n) is 2.32. The molecule has 0 aliphatic heterocycles. The largest absolute Gasteiger partial charge is 0.457 e. The average molecular weight is 377 g/mol. The van der Waals surface area contributed by atoms with Gasteiger partial charge in [-0.1, -0.05) is 68.4 Å². The predicted molar refractivity (Wildman–Crippen MR) is 116 cm³/mol. The number of aliphatic hydroxyl groups excluding tert-OH is 1. The van der Waals surface area contributed by atoms with Crippen LogP contribution in [-0.2, 0) is 9.53 Å². The van der Waals surface area contributed by atoms with Crippen LogP contribution in [0.4, 0.5) is 0 Å². The molecule has 0 rings (SSSR count). The van der Waals surface area contributed by atoms with Crippen LogP contribution in [0, 0.1) is 0 Å². The molecule has 0 amide bonds. The van der Waals surface area contributed by atoms with E-state index in [0.29, 0.717) is 6.42 Å². The molecule has 0 heterocycles. The van der Waals surface area contributed by atoms with Gasteiger partial charge in [-0.05, 0) is 58.8 Å². The van der Waals surface area contributed by atoms with Gasteiger partial charge in [-0.25, -0.2) is 0 Å². The molecule has 0 aromatic rings. The van der Waals surface area contributed by atoms with Crippen molar-refractivity contribution in [3.8, 4) is 0 Å². The first-order chi connectivity index (χ1) is 13.0. The molecule has 0 radical (unpaired) electrons. The number of hydrogen-bond acceptors (Lipinski definition) is 3. The van der Waals surface area contributed by atoms with Gasteiger partial charge in [-0.15, -0.1) is 0 Å². The Morgan fingerprint density at radius 3 is 1.78 bits per heavy atom. The zero-order valence-corrected chi connectivity index (χ0v) is 17.7. The van der Waals surface area contributed by atoms with E-state index in [9.17, 15) is 4.79 Å². The standard InChI is InChI=1S/C24H40O3/c1-4-5-6-7-8-9-10-11-12-13-14-15-16-17-18-19-20-21-23(26)27-24(2,3)22-25/h8-9,11-12,14-15,17-18,25H,4-7,10,13,16,19-22H2,1-3H3. The predicted octanol–water partition coefficient (Wildman–Crippen LogP) is 6.45. The Morgan fingerprint density at radius 2 is 1.30 bits per heavy atom. The van der Waals surface area contributed by atoms with Crippen molar-refractivity contribution >= 4 is 5.97 Å². The highest BCUT2D eigenvalue weighted by atomic mass is 16.6. The van der Waals surface area contributed by atoms with Crippen molar-refractivity contribution in [3.63, 3.8) is 0 Å². The fraction of sp³-hybridized carbons (Fsp3) is 0.625. The number of unbranched alkanes of at least 4 members (excludes halogenated alkanes) is 4. The molecule has 0 bridgehead atoms. The molecule has 1 N–H and O–H groups in total. The Morgan fingerprint density at radius 1 is 0.815 bits per heavy atom. The van der Waals surface area contributed by atoms with E-state index in [2.05, 4.69) is 55.5 Å². The van der Waals surface area contributed by atoms with Gasteiger partial charge in [0, 0.05) is 6.42 Å². The summed E-state index contributed by atoms with van der Waals surface area (Å²) < 4.78 is 5.18. The maximum absolute atomic E-state index is 11.6. The number of carbonyl (C=O) groups is 1. The van der Waals surface area contributed by atoms with E-state index >= 15 is 0 Å². The molecule has 3 heteroatoms. The third kappa shape index (κ3) is 19.0. The highest BCUT2D eigenvalue weighted by Crippen LogP contribution is 2.10. The summed E-state index contributed by atoms with van der Waals surface area (Å²) >= 11 is 0. The summed E-state index contributed by atoms with van der Waals surface area (Å²) in [5, 5.41) is 9.06. The monoisotopic (exact) mass is 376 g/mol. The van der Waals surface area contributed by atoms with E-state index < -0.39 is 5.60 Å². The maximum atomic E-state index is 11.6. The Kier molecular flexibility index (Phi) is 16.7. The van der Waals surface area contributed by atoms with Gasteiger partial charge in [-0.2, -0.15) is 0 Å². The minimum Gasteiger partial charge on any atom is -0.457 e. The quantitative estimate of drug-likeness (QED) is 0.191. The summed E-state index contributed by atoms with van der Waals surface area (Å²) in [7, 11) is 0. The van der Waals surface area contributed by atoms with Crippen molar-refractivity contribution in [2.75, 3.05) is 6.61 Å². The van der Waals surface area contributed by atoms with Crippen LogP contribution < -0.4 is 0 Å². The van der Waals surface area contributed by atoms with Crippen molar-refractivity contribution in [1.29, 1.82) is 0 Å². The first kappa shape index (κ1) is 25.4. The molecule has 27 heavy (non-hydrogen) atoms. The zero-order chi connectivity index (χ0) is 20.2. The van der Waals surface area contributed by atoms with Crippen LogP contribution in [0.5, 0.6) is 0 Å². The van der Waals surface area contributed by atoms with Gasteiger partial charge in [0.2, 0.25) is 0 Å². The van der Waals surface area contributed by atoms with Crippen molar-refractivity contribution in [1.82, 2.24) is 0 Å². The molecule has 0 unspecified atom stereocenters. The molecule has 0 spiro atoms. The third-order valence-electron chi connectivity index (χ3n) is 3.98. The summed E-state index contributed by atoms with van der Waals surface area (Å²) in [5.41, 5.74) is -0.781. The summed E-state index contributed by atoms with van der Waals surface area (Å²) in [6, 6.07) is 0. The molecule has 0 saturated carbocycles. The summed E-state index contributed by atoms with van der Waals surface area (Å²) in [6.45, 7) is 5.49. The lowest BCUT2D eigenvalue weighted by Gasteiger charge is -2.22. The normalized spacial score (nSPS) is 12.9. The number of ether oxygens (including phenoxy) is 1. The van der Waals surface area contributed by atoms with Crippen LogP contribution in [0.25, 0.3) is 0 Å². The van der Waals surface area contributed by atoms with E-state index in [1.54, 1.807) is 13.8 Å². The smallest absolute Gasteiger partial charge is 0.306 e. The maximum Gasteiger partial charge on any atom is 0.306 e. The van der Waals surface area contributed by atoms with Crippen LogP contribution >= 0.6 is 0 Å². The van der Waals surface area contributed by atoms with Crippen LogP contribution in [-0.4, -0.2) is 23.3 Å². The highest BCUT2D eigenvalue weighted by molar-refractivity contribution is 5.69. The van der Waals surface area contributed by atoms with Crippen LogP contribution in [0.1, 0.15) is 85.0 Å². The number of allylic oxidation sites excluding steroid dienone is 8. The number of carbonyl (C=O) groups excluding carboxylic acids is 1. The molecule has 3 nitrogen and oxygen atoms in total. The van der Waals surface area contributed by atoms with E-state index in [1.165, 1.54) is 25.7 Å². The molecule has 154 valence electrons. The highest BCUT2D eigenvalue weighted by Gasteiger charge is 2.20. The first-order valence-corrected chi connectivity index (χ1v) is 10.4. The molecule has 0 saturated heterocycles. The van der Waals surface area contributed by atoms with E-state index in [4.69, 9.17) is 9.84 Å². The van der Waals surface area contributed by atoms with E-state index in [1.807, 2.05) is 0 Å². The number of rotatable bonds is 16. The first-order valence-electron chi connectivity index (χ1n) is 10.4. The van der Waals surface area contributed by atoms with Crippen molar-refractivity contribution in [2.24, 2.45) is 0 Å². The minimum absolute atomic E-state index is 0.157. The molecular formula is C24H40O3. The Balaban J connectivity index is 3.57. The molecule has 0 atom stereocenters. The molecular weight excluding hydrogens is 336 g/mol. The average Bonchev–Trinajstić information content (AvgIpc) is 2.64. The van der Waals surface area contributed by atoms with Crippen LogP contribution in [0.3, 0.4) is 0 Å². The van der Waals surface area contributed by atoms with Gasteiger partial charge in [0.25, 0.3) is 0 Å². The lowest BCUT2D eigenvalue weighted by atomic mass is 10.1. The second-order valence-electron chi connectivity index (χ2n) is 7.37. The molecule has 0 fully saturated rings. The van der Waals surface area contributed by atoms with Gasteiger partial charge < -0.3 is 9.84 Å². The summed E-state index contributed by atoms with van der Waals surface area (Å²) in [4.78, 5) is 11.6. The van der Waals surface area contributed by atoms with Crippen molar-refractivity contribution in [3.05, 3.63) is 48.6 Å². The Bertz CT molecular complexity index is 470. The van der Waals surface area contributed by atoms with Gasteiger partial charge in [0.05, 0.1) is 6.61 Å². The zero-order valence-electron chi connectivity index (χ0n) is 17.7. The third-order valence-corrected chi connectivity index (χ3v) is 3.98. The van der Waals surface area contributed by atoms with Crippen molar-refractivity contribution < 1.29 is 14.6 Å². The second kappa shape index (κ2) is 17.8. The Labute approximate surface area is 166 Å². The van der Waals surface area contributed by atoms with Crippen LogP contribution in [0.2, 0.25) is 0 Å².